The highest BCUT2D eigenvalue weighted by atomic mass is 16.1. The smallest absolute Gasteiger partial charge is 0.123 e. The van der Waals surface area contributed by atoms with Gasteiger partial charge in [0.15, 0.2) is 0 Å². The molecule has 0 fully saturated rings. The highest BCUT2D eigenvalue weighted by Crippen LogP contribution is 2.19. The molecular weight excluding hydrogens is 460 g/mol. The summed E-state index contributed by atoms with van der Waals surface area (Å²) in [7, 11) is 0. The molecule has 0 aromatic heterocycles. The van der Waals surface area contributed by atoms with Crippen molar-refractivity contribution < 1.29 is 4.79 Å². The van der Waals surface area contributed by atoms with Crippen LogP contribution in [-0.4, -0.2) is 6.29 Å². The zero-order chi connectivity index (χ0) is 27.6. The van der Waals surface area contributed by atoms with Crippen molar-refractivity contribution in [2.45, 2.75) is 226 Å². The van der Waals surface area contributed by atoms with Crippen molar-refractivity contribution in [1.29, 1.82) is 0 Å². The Hall–Kier alpha value is -0.330. The first-order chi connectivity index (χ1) is 18.8. The van der Waals surface area contributed by atoms with Gasteiger partial charge in [0.05, 0.1) is 0 Å². The van der Waals surface area contributed by atoms with Crippen LogP contribution >= 0.6 is 0 Å². The molecule has 0 bridgehead atoms. The average Bonchev–Trinajstić information content (AvgIpc) is 2.93. The van der Waals surface area contributed by atoms with Crippen LogP contribution in [0.4, 0.5) is 0 Å². The van der Waals surface area contributed by atoms with Crippen molar-refractivity contribution in [3.63, 3.8) is 0 Å². The van der Waals surface area contributed by atoms with Crippen LogP contribution in [0.15, 0.2) is 0 Å². The van der Waals surface area contributed by atoms with Crippen LogP contribution in [0.5, 0.6) is 0 Å². The highest BCUT2D eigenvalue weighted by molar-refractivity contribution is 5.53. The van der Waals surface area contributed by atoms with E-state index in [4.69, 9.17) is 0 Å². The molecule has 0 aromatic carbocycles. The second-order valence-electron chi connectivity index (χ2n) is 12.7. The van der Waals surface area contributed by atoms with Gasteiger partial charge >= 0.3 is 0 Å². The molecule has 0 aromatic rings. The van der Waals surface area contributed by atoms with Gasteiger partial charge in [-0.2, -0.15) is 0 Å². The fraction of sp³-hybridized carbons (Fsp3) is 0.973. The molecule has 0 heterocycles. The molecule has 0 aliphatic heterocycles. The standard InChI is InChI=1S/C37H74O/c1-3-5-7-9-11-13-15-17-19-21-23-25-27-29-31-33-35-37(36-38)34-32-30-28-26-24-22-20-18-16-14-12-10-8-6-4-2/h36-37H,3-35H2,1-2H3. The lowest BCUT2D eigenvalue weighted by Crippen LogP contribution is -2.02. The first-order valence-electron chi connectivity index (χ1n) is 18.3. The summed E-state index contributed by atoms with van der Waals surface area (Å²) in [5.74, 6) is 0.337. The first-order valence-corrected chi connectivity index (χ1v) is 18.3. The SMILES string of the molecule is CCCCCCCCCCCCCCCCCCC(C=O)CCCCCCCCCCCCCCCCC. The molecule has 0 saturated carbocycles. The van der Waals surface area contributed by atoms with E-state index in [-0.39, 0.29) is 0 Å². The van der Waals surface area contributed by atoms with Crippen molar-refractivity contribution >= 4 is 6.29 Å². The van der Waals surface area contributed by atoms with E-state index in [0.717, 1.165) is 12.8 Å². The Bertz CT molecular complexity index is 417. The number of carbonyl (C=O) groups excluding carboxylic acids is 1. The second kappa shape index (κ2) is 34.7. The van der Waals surface area contributed by atoms with Crippen LogP contribution in [-0.2, 0) is 4.79 Å². The predicted octanol–water partition coefficient (Wildman–Crippen LogP) is 13.7. The third kappa shape index (κ3) is 31.9. The topological polar surface area (TPSA) is 17.1 Å². The Morgan fingerprint density at radius 3 is 0.684 bits per heavy atom. The summed E-state index contributed by atoms with van der Waals surface area (Å²) in [4.78, 5) is 11.5. The minimum Gasteiger partial charge on any atom is -0.303 e. The summed E-state index contributed by atoms with van der Waals surface area (Å²) in [6.45, 7) is 4.59. The van der Waals surface area contributed by atoms with Crippen LogP contribution in [0.3, 0.4) is 0 Å². The third-order valence-corrected chi connectivity index (χ3v) is 8.80. The summed E-state index contributed by atoms with van der Waals surface area (Å²) < 4.78 is 0. The number of unbranched alkanes of at least 4 members (excludes halogenated alkanes) is 29. The number of carbonyl (C=O) groups is 1. The molecule has 0 saturated heterocycles. The van der Waals surface area contributed by atoms with E-state index < -0.39 is 0 Å². The van der Waals surface area contributed by atoms with E-state index in [1.807, 2.05) is 0 Å². The molecule has 0 amide bonds. The molecule has 1 atom stereocenters. The molecule has 0 N–H and O–H groups in total. The number of rotatable bonds is 34. The minimum atomic E-state index is 0.337. The lowest BCUT2D eigenvalue weighted by atomic mass is 9.95. The summed E-state index contributed by atoms with van der Waals surface area (Å²) >= 11 is 0. The molecule has 0 rings (SSSR count). The summed E-state index contributed by atoms with van der Waals surface area (Å²) in [6, 6.07) is 0. The summed E-state index contributed by atoms with van der Waals surface area (Å²) in [5.41, 5.74) is 0. The van der Waals surface area contributed by atoms with Gasteiger partial charge < -0.3 is 4.79 Å². The first kappa shape index (κ1) is 37.7. The monoisotopic (exact) mass is 535 g/mol. The van der Waals surface area contributed by atoms with Crippen LogP contribution < -0.4 is 0 Å². The molecule has 38 heavy (non-hydrogen) atoms. The van der Waals surface area contributed by atoms with Crippen LogP contribution in [0.2, 0.25) is 0 Å². The summed E-state index contributed by atoms with van der Waals surface area (Å²) in [5, 5.41) is 0. The van der Waals surface area contributed by atoms with Crippen molar-refractivity contribution in [3.8, 4) is 0 Å². The Kier molecular flexibility index (Phi) is 34.4. The second-order valence-corrected chi connectivity index (χ2v) is 12.7. The maximum atomic E-state index is 11.5. The Morgan fingerprint density at radius 2 is 0.500 bits per heavy atom. The van der Waals surface area contributed by atoms with Gasteiger partial charge in [0.25, 0.3) is 0 Å². The van der Waals surface area contributed by atoms with Crippen LogP contribution in [0.1, 0.15) is 226 Å². The highest BCUT2D eigenvalue weighted by Gasteiger charge is 2.07. The fourth-order valence-corrected chi connectivity index (χ4v) is 6.01. The van der Waals surface area contributed by atoms with Gasteiger partial charge in [-0.05, 0) is 12.8 Å². The van der Waals surface area contributed by atoms with Gasteiger partial charge in [-0.25, -0.2) is 0 Å². The quantitative estimate of drug-likeness (QED) is 0.0592. The minimum absolute atomic E-state index is 0.337. The van der Waals surface area contributed by atoms with Gasteiger partial charge in [-0.1, -0.05) is 213 Å². The van der Waals surface area contributed by atoms with Crippen molar-refractivity contribution in [2.24, 2.45) is 5.92 Å². The molecule has 228 valence electrons. The van der Waals surface area contributed by atoms with Gasteiger partial charge in [0.2, 0.25) is 0 Å². The summed E-state index contributed by atoms with van der Waals surface area (Å²) in [6.07, 6.45) is 47.4. The fourth-order valence-electron chi connectivity index (χ4n) is 6.01. The van der Waals surface area contributed by atoms with Crippen molar-refractivity contribution in [3.05, 3.63) is 0 Å². The van der Waals surface area contributed by atoms with Gasteiger partial charge in [0, 0.05) is 5.92 Å². The lowest BCUT2D eigenvalue weighted by Gasteiger charge is -2.10. The van der Waals surface area contributed by atoms with E-state index in [0.29, 0.717) is 5.92 Å². The molecule has 1 heteroatoms. The number of hydrogen-bond donors (Lipinski definition) is 0. The third-order valence-electron chi connectivity index (χ3n) is 8.80. The predicted molar refractivity (Wildman–Crippen MR) is 173 cm³/mol. The van der Waals surface area contributed by atoms with E-state index in [2.05, 4.69) is 13.8 Å². The molecule has 0 aliphatic carbocycles. The van der Waals surface area contributed by atoms with Gasteiger partial charge in [-0.15, -0.1) is 0 Å². The van der Waals surface area contributed by atoms with E-state index >= 15 is 0 Å². The van der Waals surface area contributed by atoms with Crippen molar-refractivity contribution in [1.82, 2.24) is 0 Å². The van der Waals surface area contributed by atoms with E-state index in [1.165, 1.54) is 205 Å². The Balaban J connectivity index is 3.25. The van der Waals surface area contributed by atoms with Gasteiger partial charge in [0.1, 0.15) is 6.29 Å². The molecular formula is C37H74O. The molecule has 0 aliphatic rings. The van der Waals surface area contributed by atoms with E-state index in [9.17, 15) is 4.79 Å². The molecule has 0 radical (unpaired) electrons. The Morgan fingerprint density at radius 1 is 0.316 bits per heavy atom. The van der Waals surface area contributed by atoms with Crippen molar-refractivity contribution in [2.75, 3.05) is 0 Å². The molecule has 0 spiro atoms. The lowest BCUT2D eigenvalue weighted by molar-refractivity contribution is -0.111. The normalized spacial score (nSPS) is 12.3. The zero-order valence-corrected chi connectivity index (χ0v) is 26.9. The zero-order valence-electron chi connectivity index (χ0n) is 26.9. The van der Waals surface area contributed by atoms with Gasteiger partial charge in [-0.3, -0.25) is 0 Å². The Labute approximate surface area is 242 Å². The average molecular weight is 535 g/mol. The molecule has 1 unspecified atom stereocenters. The van der Waals surface area contributed by atoms with Crippen LogP contribution in [0.25, 0.3) is 0 Å². The largest absolute Gasteiger partial charge is 0.303 e. The number of hydrogen-bond acceptors (Lipinski definition) is 1. The maximum absolute atomic E-state index is 11.5. The molecule has 1 nitrogen and oxygen atoms in total. The number of aldehydes is 1. The maximum Gasteiger partial charge on any atom is 0.123 e. The van der Waals surface area contributed by atoms with E-state index in [1.54, 1.807) is 0 Å². The van der Waals surface area contributed by atoms with Crippen LogP contribution in [0, 0.1) is 5.92 Å².